The number of amides is 1. The zero-order valence-corrected chi connectivity index (χ0v) is 10.6. The predicted octanol–water partition coefficient (Wildman–Crippen LogP) is 3.51. The topological polar surface area (TPSA) is 29.1 Å². The van der Waals surface area contributed by atoms with E-state index in [9.17, 15) is 4.79 Å². The van der Waals surface area contributed by atoms with Crippen LogP contribution in [0.2, 0.25) is 0 Å². The number of carbonyl (C=O) groups is 1. The van der Waals surface area contributed by atoms with Crippen LogP contribution >= 0.6 is 0 Å². The average Bonchev–Trinajstić information content (AvgIpc) is 2.26. The molecule has 0 saturated carbocycles. The molecule has 0 aromatic heterocycles. The molecular weight excluding hydrogens is 186 g/mol. The summed E-state index contributed by atoms with van der Waals surface area (Å²) in [5, 5.41) is 3.04. The summed E-state index contributed by atoms with van der Waals surface area (Å²) in [5.74, 6) is 0.905. The molecule has 0 aromatic rings. The quantitative estimate of drug-likeness (QED) is 0.624. The van der Waals surface area contributed by atoms with Crippen molar-refractivity contribution in [2.24, 2.45) is 5.92 Å². The van der Waals surface area contributed by atoms with Crippen molar-refractivity contribution >= 4 is 5.91 Å². The molecular formula is C13H27NO. The van der Waals surface area contributed by atoms with Crippen molar-refractivity contribution in [1.82, 2.24) is 5.32 Å². The van der Waals surface area contributed by atoms with Crippen molar-refractivity contribution in [3.63, 3.8) is 0 Å². The largest absolute Gasteiger partial charge is 0.356 e. The van der Waals surface area contributed by atoms with Gasteiger partial charge >= 0.3 is 0 Å². The Kier molecular flexibility index (Phi) is 9.65. The summed E-state index contributed by atoms with van der Waals surface area (Å²) in [6.07, 6.45) is 7.76. The maximum absolute atomic E-state index is 11.4. The van der Waals surface area contributed by atoms with E-state index in [1.165, 1.54) is 25.7 Å². The van der Waals surface area contributed by atoms with Crippen molar-refractivity contribution < 1.29 is 4.79 Å². The Morgan fingerprint density at radius 2 is 1.80 bits per heavy atom. The number of rotatable bonds is 9. The first-order chi connectivity index (χ1) is 7.24. The van der Waals surface area contributed by atoms with E-state index in [1.54, 1.807) is 0 Å². The van der Waals surface area contributed by atoms with Crippen molar-refractivity contribution in [3.8, 4) is 0 Å². The maximum Gasteiger partial charge on any atom is 0.220 e. The van der Waals surface area contributed by atoms with Gasteiger partial charge in [0.2, 0.25) is 5.91 Å². The second kappa shape index (κ2) is 10.0. The van der Waals surface area contributed by atoms with Gasteiger partial charge in [0.05, 0.1) is 0 Å². The molecule has 0 aliphatic rings. The van der Waals surface area contributed by atoms with Gasteiger partial charge < -0.3 is 5.32 Å². The Balaban J connectivity index is 3.55. The highest BCUT2D eigenvalue weighted by Crippen LogP contribution is 2.11. The lowest BCUT2D eigenvalue weighted by atomic mass is 9.99. The fourth-order valence-electron chi connectivity index (χ4n) is 1.63. The molecule has 0 heterocycles. The summed E-state index contributed by atoms with van der Waals surface area (Å²) >= 11 is 0. The maximum atomic E-state index is 11.4. The third-order valence-corrected chi connectivity index (χ3v) is 2.89. The number of hydrogen-bond acceptors (Lipinski definition) is 1. The molecule has 0 aliphatic carbocycles. The van der Waals surface area contributed by atoms with Gasteiger partial charge in [0, 0.05) is 13.0 Å². The van der Waals surface area contributed by atoms with Crippen LogP contribution in [0.25, 0.3) is 0 Å². The summed E-state index contributed by atoms with van der Waals surface area (Å²) in [6.45, 7) is 7.41. The van der Waals surface area contributed by atoms with Crippen LogP contribution < -0.4 is 5.32 Å². The van der Waals surface area contributed by atoms with Gasteiger partial charge in [-0.1, -0.05) is 46.5 Å². The predicted molar refractivity (Wildman–Crippen MR) is 65.8 cm³/mol. The highest BCUT2D eigenvalue weighted by Gasteiger charge is 2.07. The lowest BCUT2D eigenvalue weighted by Crippen LogP contribution is -2.28. The number of unbranched alkanes of at least 4 members (excludes halogenated alkanes) is 2. The van der Waals surface area contributed by atoms with Crippen molar-refractivity contribution in [1.29, 1.82) is 0 Å². The Bertz CT molecular complexity index is 157. The first-order valence-electron chi connectivity index (χ1n) is 6.51. The number of hydrogen-bond donors (Lipinski definition) is 1. The summed E-state index contributed by atoms with van der Waals surface area (Å²) < 4.78 is 0. The molecule has 0 radical (unpaired) electrons. The van der Waals surface area contributed by atoms with Gasteiger partial charge in [-0.25, -0.2) is 0 Å². The van der Waals surface area contributed by atoms with Crippen LogP contribution in [0, 0.1) is 5.92 Å². The molecule has 90 valence electrons. The lowest BCUT2D eigenvalue weighted by molar-refractivity contribution is -0.121. The number of carbonyl (C=O) groups excluding carboxylic acids is 1. The van der Waals surface area contributed by atoms with Gasteiger partial charge in [-0.15, -0.1) is 0 Å². The second-order valence-corrected chi connectivity index (χ2v) is 4.32. The van der Waals surface area contributed by atoms with Crippen molar-refractivity contribution in [2.75, 3.05) is 6.54 Å². The van der Waals surface area contributed by atoms with E-state index in [0.717, 1.165) is 19.4 Å². The Hall–Kier alpha value is -0.530. The van der Waals surface area contributed by atoms with Crippen LogP contribution in [0.3, 0.4) is 0 Å². The molecule has 0 saturated heterocycles. The van der Waals surface area contributed by atoms with E-state index in [-0.39, 0.29) is 5.91 Å². The highest BCUT2D eigenvalue weighted by molar-refractivity contribution is 5.75. The molecule has 0 fully saturated rings. The Morgan fingerprint density at radius 1 is 1.13 bits per heavy atom. The molecule has 1 amide bonds. The van der Waals surface area contributed by atoms with Crippen LogP contribution in [0.1, 0.15) is 65.7 Å². The molecule has 15 heavy (non-hydrogen) atoms. The van der Waals surface area contributed by atoms with Gasteiger partial charge in [0.15, 0.2) is 0 Å². The van der Waals surface area contributed by atoms with Gasteiger partial charge in [-0.3, -0.25) is 4.79 Å². The normalized spacial score (nSPS) is 12.5. The minimum absolute atomic E-state index is 0.229. The third-order valence-electron chi connectivity index (χ3n) is 2.89. The van der Waals surface area contributed by atoms with Crippen molar-refractivity contribution in [3.05, 3.63) is 0 Å². The van der Waals surface area contributed by atoms with Crippen LogP contribution in [0.15, 0.2) is 0 Å². The summed E-state index contributed by atoms with van der Waals surface area (Å²) in [6, 6.07) is 0. The van der Waals surface area contributed by atoms with Gasteiger partial charge in [-0.05, 0) is 18.8 Å². The van der Waals surface area contributed by atoms with E-state index in [0.29, 0.717) is 12.3 Å². The average molecular weight is 213 g/mol. The Morgan fingerprint density at radius 3 is 2.33 bits per heavy atom. The second-order valence-electron chi connectivity index (χ2n) is 4.32. The van der Waals surface area contributed by atoms with Gasteiger partial charge in [0.25, 0.3) is 0 Å². The SMILES string of the molecule is CCCCC(=O)NCC(CC)CCCC. The lowest BCUT2D eigenvalue weighted by Gasteiger charge is -2.15. The van der Waals surface area contributed by atoms with Gasteiger partial charge in [0.1, 0.15) is 0 Å². The summed E-state index contributed by atoms with van der Waals surface area (Å²) in [7, 11) is 0. The minimum Gasteiger partial charge on any atom is -0.356 e. The van der Waals surface area contributed by atoms with Gasteiger partial charge in [-0.2, -0.15) is 0 Å². The third kappa shape index (κ3) is 8.46. The zero-order valence-electron chi connectivity index (χ0n) is 10.6. The molecule has 0 aliphatic heterocycles. The fourth-order valence-corrected chi connectivity index (χ4v) is 1.63. The zero-order chi connectivity index (χ0) is 11.5. The first kappa shape index (κ1) is 14.5. The summed E-state index contributed by atoms with van der Waals surface area (Å²) in [4.78, 5) is 11.4. The standard InChI is InChI=1S/C13H27NO/c1-4-7-9-12(6-3)11-14-13(15)10-8-5-2/h12H,4-11H2,1-3H3,(H,14,15). The van der Waals surface area contributed by atoms with Crippen LogP contribution in [0.4, 0.5) is 0 Å². The van der Waals surface area contributed by atoms with Crippen molar-refractivity contribution in [2.45, 2.75) is 65.7 Å². The van der Waals surface area contributed by atoms with Crippen LogP contribution in [-0.2, 0) is 4.79 Å². The molecule has 2 nitrogen and oxygen atoms in total. The van der Waals surface area contributed by atoms with E-state index < -0.39 is 0 Å². The van der Waals surface area contributed by atoms with Crippen LogP contribution in [0.5, 0.6) is 0 Å². The fraction of sp³-hybridized carbons (Fsp3) is 0.923. The smallest absolute Gasteiger partial charge is 0.220 e. The molecule has 1 unspecified atom stereocenters. The molecule has 0 spiro atoms. The van der Waals surface area contributed by atoms with E-state index in [2.05, 4.69) is 26.1 Å². The molecule has 2 heteroatoms. The monoisotopic (exact) mass is 213 g/mol. The molecule has 1 N–H and O–H groups in total. The molecule has 0 rings (SSSR count). The molecule has 0 bridgehead atoms. The number of nitrogens with one attached hydrogen (secondary N) is 1. The highest BCUT2D eigenvalue weighted by atomic mass is 16.1. The van der Waals surface area contributed by atoms with E-state index in [4.69, 9.17) is 0 Å². The van der Waals surface area contributed by atoms with E-state index in [1.807, 2.05) is 0 Å². The minimum atomic E-state index is 0.229. The summed E-state index contributed by atoms with van der Waals surface area (Å²) in [5.41, 5.74) is 0. The molecule has 1 atom stereocenters. The van der Waals surface area contributed by atoms with Crippen LogP contribution in [-0.4, -0.2) is 12.5 Å². The Labute approximate surface area is 94.8 Å². The molecule has 0 aromatic carbocycles. The van der Waals surface area contributed by atoms with E-state index >= 15 is 0 Å². The first-order valence-corrected chi connectivity index (χ1v) is 6.51.